The predicted molar refractivity (Wildman–Crippen MR) is 99.5 cm³/mol. The second kappa shape index (κ2) is 8.13. The molecule has 0 N–H and O–H groups in total. The number of Topliss-reactive ketones (excluding diaryl/α,β-unsaturated/α-hetero) is 1. The lowest BCUT2D eigenvalue weighted by Crippen LogP contribution is -2.39. The smallest absolute Gasteiger partial charge is 0.336 e. The summed E-state index contributed by atoms with van der Waals surface area (Å²) in [5, 5.41) is 19.9. The number of hydrogen-bond acceptors (Lipinski definition) is 7. The number of nitro benzene ring substituents is 1. The number of nitriles is 1. The van der Waals surface area contributed by atoms with E-state index in [9.17, 15) is 19.7 Å². The number of hydrogen-bond donors (Lipinski definition) is 0. The normalized spacial score (nSPS) is 21.4. The highest BCUT2D eigenvalue weighted by molar-refractivity contribution is 6.11. The number of ketones is 1. The Hall–Kier alpha value is -3.34. The van der Waals surface area contributed by atoms with Gasteiger partial charge in [-0.15, -0.1) is 0 Å². The number of carbonyl (C=O) groups excluding carboxylic acids is 2. The Labute approximate surface area is 161 Å². The molecule has 0 radical (unpaired) electrons. The van der Waals surface area contributed by atoms with Crippen LogP contribution in [0.15, 0.2) is 40.5 Å². The molecular formula is C20H19N3O5. The minimum absolute atomic E-state index is 0.0312. The van der Waals surface area contributed by atoms with Crippen molar-refractivity contribution in [1.82, 2.24) is 0 Å². The molecule has 2 aliphatic rings. The van der Waals surface area contributed by atoms with Crippen LogP contribution in [0.4, 0.5) is 5.69 Å². The summed E-state index contributed by atoms with van der Waals surface area (Å²) in [7, 11) is 0. The molecule has 0 bridgehead atoms. The Morgan fingerprint density at radius 1 is 1.39 bits per heavy atom. The molecule has 1 saturated carbocycles. The topological polar surface area (TPSA) is 123 Å². The molecule has 144 valence electrons. The van der Waals surface area contributed by atoms with Gasteiger partial charge in [-0.05, 0) is 25.3 Å². The van der Waals surface area contributed by atoms with E-state index in [-0.39, 0.29) is 30.1 Å². The summed E-state index contributed by atoms with van der Waals surface area (Å²) >= 11 is 0. The first kappa shape index (κ1) is 19.4. The summed E-state index contributed by atoms with van der Waals surface area (Å²) in [6.07, 6.45) is 1.78. The maximum Gasteiger partial charge on any atom is 0.336 e. The highest BCUT2D eigenvalue weighted by Gasteiger charge is 2.44. The number of allylic oxidation sites excluding steroid dienone is 1. The van der Waals surface area contributed by atoms with Crippen molar-refractivity contribution in [3.05, 3.63) is 51.2 Å². The van der Waals surface area contributed by atoms with E-state index in [0.717, 1.165) is 0 Å². The average molecular weight is 381 g/mol. The first-order valence-corrected chi connectivity index (χ1v) is 9.03. The molecule has 1 fully saturated rings. The van der Waals surface area contributed by atoms with Gasteiger partial charge in [0.05, 0.1) is 28.9 Å². The van der Waals surface area contributed by atoms with E-state index < -0.39 is 22.7 Å². The number of esters is 1. The Balaban J connectivity index is 2.10. The molecule has 1 aromatic carbocycles. The fourth-order valence-corrected chi connectivity index (χ4v) is 3.84. The third-order valence-corrected chi connectivity index (χ3v) is 5.01. The van der Waals surface area contributed by atoms with Gasteiger partial charge in [-0.2, -0.15) is 5.26 Å². The van der Waals surface area contributed by atoms with E-state index in [0.29, 0.717) is 36.2 Å². The fraction of sp³-hybridized carbons (Fsp3) is 0.400. The average Bonchev–Trinajstić information content (AvgIpc) is 2.67. The number of nitro groups is 1. The van der Waals surface area contributed by atoms with Crippen molar-refractivity contribution in [2.24, 2.45) is 10.9 Å². The Morgan fingerprint density at radius 2 is 2.18 bits per heavy atom. The van der Waals surface area contributed by atoms with Gasteiger partial charge in [-0.25, -0.2) is 4.79 Å². The number of carbonyl (C=O) groups is 2. The molecule has 1 aliphatic heterocycles. The molecule has 2 atom stereocenters. The van der Waals surface area contributed by atoms with Crippen molar-refractivity contribution in [3.8, 4) is 6.07 Å². The fourth-order valence-electron chi connectivity index (χ4n) is 3.84. The zero-order valence-electron chi connectivity index (χ0n) is 15.4. The van der Waals surface area contributed by atoms with Crippen molar-refractivity contribution in [1.29, 1.82) is 5.26 Å². The van der Waals surface area contributed by atoms with Gasteiger partial charge in [0.15, 0.2) is 0 Å². The minimum atomic E-state index is -0.685. The summed E-state index contributed by atoms with van der Waals surface area (Å²) in [6, 6.07) is 7.88. The number of rotatable bonds is 5. The minimum Gasteiger partial charge on any atom is -0.461 e. The molecule has 0 spiro atoms. The van der Waals surface area contributed by atoms with Crippen LogP contribution in [0.5, 0.6) is 0 Å². The lowest BCUT2D eigenvalue weighted by Gasteiger charge is -2.35. The maximum absolute atomic E-state index is 12.8. The molecule has 1 aliphatic carbocycles. The van der Waals surface area contributed by atoms with E-state index in [4.69, 9.17) is 10.00 Å². The number of nitrogens with zero attached hydrogens (tertiary/aromatic N) is 3. The third kappa shape index (κ3) is 3.69. The van der Waals surface area contributed by atoms with Gasteiger partial charge in [-0.1, -0.05) is 12.1 Å². The quantitative estimate of drug-likeness (QED) is 0.334. The molecule has 0 amide bonds. The number of non-ortho nitro benzene ring substituents is 1. The van der Waals surface area contributed by atoms with Crippen LogP contribution in [0.2, 0.25) is 0 Å². The van der Waals surface area contributed by atoms with Crippen LogP contribution < -0.4 is 0 Å². The summed E-state index contributed by atoms with van der Waals surface area (Å²) in [5.41, 5.74) is 1.77. The second-order valence-electron chi connectivity index (χ2n) is 6.77. The molecule has 1 heterocycles. The van der Waals surface area contributed by atoms with Crippen LogP contribution in [0.25, 0.3) is 0 Å². The monoisotopic (exact) mass is 381 g/mol. The number of aliphatic imine (C=N–C) groups is 1. The molecule has 2 unspecified atom stereocenters. The summed E-state index contributed by atoms with van der Waals surface area (Å²) in [6.45, 7) is 1.61. The molecule has 0 aromatic heterocycles. The van der Waals surface area contributed by atoms with Gasteiger partial charge in [0.2, 0.25) is 0 Å². The van der Waals surface area contributed by atoms with Gasteiger partial charge in [0.1, 0.15) is 12.4 Å². The first-order valence-electron chi connectivity index (χ1n) is 9.03. The van der Waals surface area contributed by atoms with Gasteiger partial charge >= 0.3 is 5.97 Å². The zero-order valence-corrected chi connectivity index (χ0v) is 15.4. The summed E-state index contributed by atoms with van der Waals surface area (Å²) in [5.74, 6) is -1.99. The van der Waals surface area contributed by atoms with E-state index in [1.165, 1.54) is 12.1 Å². The Bertz CT molecular complexity index is 941. The van der Waals surface area contributed by atoms with Crippen LogP contribution in [0, 0.1) is 27.4 Å². The molecule has 0 saturated heterocycles. The summed E-state index contributed by atoms with van der Waals surface area (Å²) in [4.78, 5) is 40.7. The van der Waals surface area contributed by atoms with E-state index in [2.05, 4.69) is 4.99 Å². The maximum atomic E-state index is 12.8. The Kier molecular flexibility index (Phi) is 5.64. The molecule has 8 nitrogen and oxygen atoms in total. The highest BCUT2D eigenvalue weighted by atomic mass is 16.6. The second-order valence-corrected chi connectivity index (χ2v) is 6.77. The number of fused-ring (bicyclic) bond motifs is 1. The lowest BCUT2D eigenvalue weighted by molar-refractivity contribution is -0.384. The van der Waals surface area contributed by atoms with Gasteiger partial charge in [-0.3, -0.25) is 19.9 Å². The van der Waals surface area contributed by atoms with Crippen LogP contribution in [-0.4, -0.2) is 29.0 Å². The standard InChI is InChI=1S/C20H19N3O5/c1-12-17(20(25)28-10-4-9-21)18(13-5-2-6-14(11-13)23(26)27)19-15(22-12)7-3-8-16(19)24/h2,5-6,11,18-19H,3-4,7-8,10H2,1H3. The van der Waals surface area contributed by atoms with E-state index in [1.807, 2.05) is 6.07 Å². The van der Waals surface area contributed by atoms with Crippen LogP contribution in [-0.2, 0) is 14.3 Å². The van der Waals surface area contributed by atoms with Gasteiger partial charge < -0.3 is 4.74 Å². The molecular weight excluding hydrogens is 362 g/mol. The van der Waals surface area contributed by atoms with Crippen molar-refractivity contribution in [3.63, 3.8) is 0 Å². The first-order chi connectivity index (χ1) is 13.4. The molecule has 3 rings (SSSR count). The van der Waals surface area contributed by atoms with Gasteiger partial charge in [0.25, 0.3) is 5.69 Å². The van der Waals surface area contributed by atoms with Crippen LogP contribution in [0.3, 0.4) is 0 Å². The highest BCUT2D eigenvalue weighted by Crippen LogP contribution is 2.43. The molecule has 8 heteroatoms. The van der Waals surface area contributed by atoms with Crippen molar-refractivity contribution in [2.45, 2.75) is 38.5 Å². The lowest BCUT2D eigenvalue weighted by atomic mass is 9.69. The Morgan fingerprint density at radius 3 is 2.89 bits per heavy atom. The third-order valence-electron chi connectivity index (χ3n) is 5.01. The van der Waals surface area contributed by atoms with Crippen molar-refractivity contribution < 1.29 is 19.2 Å². The van der Waals surface area contributed by atoms with Crippen LogP contribution >= 0.6 is 0 Å². The predicted octanol–water partition coefficient (Wildman–Crippen LogP) is 3.23. The van der Waals surface area contributed by atoms with Crippen molar-refractivity contribution in [2.75, 3.05) is 6.61 Å². The largest absolute Gasteiger partial charge is 0.461 e. The number of benzene rings is 1. The number of ether oxygens (including phenoxy) is 1. The van der Waals surface area contributed by atoms with Crippen LogP contribution in [0.1, 0.15) is 44.1 Å². The zero-order chi connectivity index (χ0) is 20.3. The van der Waals surface area contributed by atoms with Crippen molar-refractivity contribution >= 4 is 23.2 Å². The summed E-state index contributed by atoms with van der Waals surface area (Å²) < 4.78 is 5.20. The van der Waals surface area contributed by atoms with E-state index >= 15 is 0 Å². The van der Waals surface area contributed by atoms with E-state index in [1.54, 1.807) is 19.1 Å². The van der Waals surface area contributed by atoms with Gasteiger partial charge in [0, 0.05) is 35.9 Å². The molecule has 28 heavy (non-hydrogen) atoms. The SMILES string of the molecule is CC1=C(C(=O)OCCC#N)C(c2cccc([N+](=O)[O-])c2)C2C(=O)CCCC2=N1. The molecule has 1 aromatic rings.